The van der Waals surface area contributed by atoms with Crippen molar-refractivity contribution in [2.24, 2.45) is 5.73 Å². The van der Waals surface area contributed by atoms with Crippen molar-refractivity contribution in [1.29, 1.82) is 0 Å². The number of hydrogen-bond donors (Lipinski definition) is 2. The minimum absolute atomic E-state index is 0. The molecule has 0 bridgehead atoms. The Kier molecular flexibility index (Phi) is 8.44. The van der Waals surface area contributed by atoms with Crippen LogP contribution < -0.4 is 11.1 Å². The fourth-order valence-electron chi connectivity index (χ4n) is 3.00. The van der Waals surface area contributed by atoms with E-state index in [1.165, 1.54) is 0 Å². The van der Waals surface area contributed by atoms with Crippen molar-refractivity contribution in [2.75, 3.05) is 31.6 Å². The molecule has 1 unspecified atom stereocenters. The number of nitrogens with zero attached hydrogens (tertiary/aromatic N) is 1. The summed E-state index contributed by atoms with van der Waals surface area (Å²) in [6, 6.07) is 16.4. The van der Waals surface area contributed by atoms with Gasteiger partial charge in [-0.2, -0.15) is 0 Å². The molecule has 7 heteroatoms. The standard InChI is InChI=1S/C21H25N3O3.ClH/c22-19(14-16-4-2-1-3-5-16)21(26)23-18-8-6-17(7-9-18)15-20(25)24-10-12-27-13-11-24;/h1-9,19H,10-15,22H2,(H,23,26);1H. The SMILES string of the molecule is Cl.NC(Cc1ccccc1)C(=O)Nc1ccc(CC(=O)N2CCOCC2)cc1. The average molecular weight is 404 g/mol. The van der Waals surface area contributed by atoms with Crippen LogP contribution in [0.4, 0.5) is 5.69 Å². The molecule has 0 aliphatic carbocycles. The van der Waals surface area contributed by atoms with Crippen LogP contribution in [0.25, 0.3) is 0 Å². The number of nitrogens with one attached hydrogen (secondary N) is 1. The van der Waals surface area contributed by atoms with Crippen LogP contribution in [0.5, 0.6) is 0 Å². The Morgan fingerprint density at radius 1 is 1.00 bits per heavy atom. The molecule has 28 heavy (non-hydrogen) atoms. The Bertz CT molecular complexity index is 762. The number of hydrogen-bond acceptors (Lipinski definition) is 4. The fourth-order valence-corrected chi connectivity index (χ4v) is 3.00. The number of carbonyl (C=O) groups is 2. The average Bonchev–Trinajstić information content (AvgIpc) is 2.71. The highest BCUT2D eigenvalue weighted by atomic mass is 35.5. The first-order valence-electron chi connectivity index (χ1n) is 9.16. The lowest BCUT2D eigenvalue weighted by molar-refractivity contribution is -0.134. The molecule has 6 nitrogen and oxygen atoms in total. The van der Waals surface area contributed by atoms with Gasteiger partial charge in [0.15, 0.2) is 0 Å². The van der Waals surface area contributed by atoms with Crippen LogP contribution in [-0.4, -0.2) is 49.1 Å². The molecule has 3 rings (SSSR count). The molecule has 1 fully saturated rings. The Balaban J connectivity index is 0.00000280. The third-order valence-electron chi connectivity index (χ3n) is 4.58. The van der Waals surface area contributed by atoms with Gasteiger partial charge in [-0.1, -0.05) is 42.5 Å². The second-order valence-corrected chi connectivity index (χ2v) is 6.65. The van der Waals surface area contributed by atoms with E-state index < -0.39 is 6.04 Å². The number of amides is 2. The van der Waals surface area contributed by atoms with Crippen molar-refractivity contribution < 1.29 is 14.3 Å². The van der Waals surface area contributed by atoms with Crippen molar-refractivity contribution in [1.82, 2.24) is 4.90 Å². The normalized spacial score (nSPS) is 14.7. The summed E-state index contributed by atoms with van der Waals surface area (Å²) in [6.07, 6.45) is 0.834. The van der Waals surface area contributed by atoms with Crippen LogP contribution in [0, 0.1) is 0 Å². The molecule has 0 aromatic heterocycles. The molecule has 150 valence electrons. The molecular weight excluding hydrogens is 378 g/mol. The van der Waals surface area contributed by atoms with Crippen LogP contribution in [0.1, 0.15) is 11.1 Å². The maximum atomic E-state index is 12.3. The number of morpholine rings is 1. The quantitative estimate of drug-likeness (QED) is 0.772. The number of nitrogens with two attached hydrogens (primary N) is 1. The van der Waals surface area contributed by atoms with E-state index in [1.807, 2.05) is 47.4 Å². The van der Waals surface area contributed by atoms with E-state index >= 15 is 0 Å². The Morgan fingerprint density at radius 3 is 2.29 bits per heavy atom. The largest absolute Gasteiger partial charge is 0.378 e. The van der Waals surface area contributed by atoms with E-state index in [2.05, 4.69) is 5.32 Å². The van der Waals surface area contributed by atoms with Gasteiger partial charge in [0.05, 0.1) is 25.7 Å². The summed E-state index contributed by atoms with van der Waals surface area (Å²) >= 11 is 0. The minimum Gasteiger partial charge on any atom is -0.378 e. The number of carbonyl (C=O) groups excluding carboxylic acids is 2. The van der Waals surface area contributed by atoms with Gasteiger partial charge in [-0.25, -0.2) is 0 Å². The molecule has 0 radical (unpaired) electrons. The summed E-state index contributed by atoms with van der Waals surface area (Å²) in [4.78, 5) is 26.4. The van der Waals surface area contributed by atoms with Crippen molar-refractivity contribution in [3.63, 3.8) is 0 Å². The molecule has 3 N–H and O–H groups in total. The van der Waals surface area contributed by atoms with E-state index in [0.717, 1.165) is 11.1 Å². The molecule has 0 saturated carbocycles. The van der Waals surface area contributed by atoms with Gasteiger partial charge in [0.1, 0.15) is 0 Å². The number of rotatable bonds is 6. The maximum absolute atomic E-state index is 12.3. The van der Waals surface area contributed by atoms with Gasteiger partial charge in [-0.3, -0.25) is 9.59 Å². The summed E-state index contributed by atoms with van der Waals surface area (Å²) < 4.78 is 5.27. The van der Waals surface area contributed by atoms with Crippen LogP contribution in [0.2, 0.25) is 0 Å². The maximum Gasteiger partial charge on any atom is 0.241 e. The van der Waals surface area contributed by atoms with Crippen molar-refractivity contribution in [3.8, 4) is 0 Å². The lowest BCUT2D eigenvalue weighted by atomic mass is 10.1. The minimum atomic E-state index is -0.616. The van der Waals surface area contributed by atoms with Crippen LogP contribution >= 0.6 is 12.4 Å². The van der Waals surface area contributed by atoms with Crippen LogP contribution in [0.3, 0.4) is 0 Å². The highest BCUT2D eigenvalue weighted by Crippen LogP contribution is 2.12. The molecule has 2 amide bonds. The van der Waals surface area contributed by atoms with Gasteiger partial charge in [0.2, 0.25) is 11.8 Å². The highest BCUT2D eigenvalue weighted by molar-refractivity contribution is 5.94. The summed E-state index contributed by atoms with van der Waals surface area (Å²) in [7, 11) is 0. The molecule has 1 heterocycles. The summed E-state index contributed by atoms with van der Waals surface area (Å²) in [5, 5.41) is 2.83. The van der Waals surface area contributed by atoms with E-state index in [-0.39, 0.29) is 24.2 Å². The van der Waals surface area contributed by atoms with Gasteiger partial charge in [-0.15, -0.1) is 12.4 Å². The molecule has 2 aromatic carbocycles. The zero-order valence-corrected chi connectivity index (χ0v) is 16.5. The predicted octanol–water partition coefficient (Wildman–Crippen LogP) is 2.02. The summed E-state index contributed by atoms with van der Waals surface area (Å²) in [5.74, 6) is -0.129. The molecule has 1 aliphatic heterocycles. The van der Waals surface area contributed by atoms with E-state index in [9.17, 15) is 9.59 Å². The molecule has 2 aromatic rings. The third kappa shape index (κ3) is 6.34. The van der Waals surface area contributed by atoms with Gasteiger partial charge in [-0.05, 0) is 29.7 Å². The Labute approximate surface area is 171 Å². The zero-order chi connectivity index (χ0) is 19.1. The number of anilines is 1. The van der Waals surface area contributed by atoms with Crippen LogP contribution in [-0.2, 0) is 27.2 Å². The number of benzene rings is 2. The van der Waals surface area contributed by atoms with Gasteiger partial charge >= 0.3 is 0 Å². The number of halogens is 1. The first-order chi connectivity index (χ1) is 13.1. The van der Waals surface area contributed by atoms with E-state index in [1.54, 1.807) is 12.1 Å². The first kappa shape index (κ1) is 21.9. The van der Waals surface area contributed by atoms with Crippen molar-refractivity contribution in [2.45, 2.75) is 18.9 Å². The lowest BCUT2D eigenvalue weighted by Gasteiger charge is -2.26. The second-order valence-electron chi connectivity index (χ2n) is 6.65. The van der Waals surface area contributed by atoms with Gasteiger partial charge < -0.3 is 20.7 Å². The summed E-state index contributed by atoms with van der Waals surface area (Å²) in [6.45, 7) is 2.48. The number of ether oxygens (including phenoxy) is 1. The van der Waals surface area contributed by atoms with Gasteiger partial charge in [0, 0.05) is 18.8 Å². The lowest BCUT2D eigenvalue weighted by Crippen LogP contribution is -2.41. The second kappa shape index (κ2) is 10.8. The van der Waals surface area contributed by atoms with E-state index in [4.69, 9.17) is 10.5 Å². The molecule has 1 aliphatic rings. The Morgan fingerprint density at radius 2 is 1.64 bits per heavy atom. The fraction of sp³-hybridized carbons (Fsp3) is 0.333. The van der Waals surface area contributed by atoms with Crippen LogP contribution in [0.15, 0.2) is 54.6 Å². The van der Waals surface area contributed by atoms with Crippen molar-refractivity contribution in [3.05, 3.63) is 65.7 Å². The smallest absolute Gasteiger partial charge is 0.241 e. The first-order valence-corrected chi connectivity index (χ1v) is 9.16. The molecule has 0 spiro atoms. The highest BCUT2D eigenvalue weighted by Gasteiger charge is 2.17. The van der Waals surface area contributed by atoms with Gasteiger partial charge in [0.25, 0.3) is 0 Å². The predicted molar refractivity (Wildman–Crippen MR) is 112 cm³/mol. The zero-order valence-electron chi connectivity index (χ0n) is 15.7. The topological polar surface area (TPSA) is 84.7 Å². The summed E-state index contributed by atoms with van der Waals surface area (Å²) in [5.41, 5.74) is 8.62. The monoisotopic (exact) mass is 403 g/mol. The van der Waals surface area contributed by atoms with Crippen molar-refractivity contribution >= 4 is 29.9 Å². The third-order valence-corrected chi connectivity index (χ3v) is 4.58. The Hall–Kier alpha value is -2.41. The van der Waals surface area contributed by atoms with E-state index in [0.29, 0.717) is 44.8 Å². The molecule has 1 atom stereocenters. The molecule has 1 saturated heterocycles. The molecular formula is C21H26ClN3O3.